The molecule has 2 amide bonds. The van der Waals surface area contributed by atoms with Crippen molar-refractivity contribution in [1.29, 1.82) is 0 Å². The van der Waals surface area contributed by atoms with Gasteiger partial charge < -0.3 is 31.2 Å². The highest BCUT2D eigenvalue weighted by atomic mass is 19.4. The van der Waals surface area contributed by atoms with Crippen molar-refractivity contribution in [3.05, 3.63) is 107 Å². The highest BCUT2D eigenvalue weighted by Crippen LogP contribution is 2.31. The van der Waals surface area contributed by atoms with E-state index in [1.807, 2.05) is 49.4 Å². The van der Waals surface area contributed by atoms with Crippen molar-refractivity contribution in [2.45, 2.75) is 50.0 Å². The Bertz CT molecular complexity index is 1710. The summed E-state index contributed by atoms with van der Waals surface area (Å²) in [6.45, 7) is 0.912. The van der Waals surface area contributed by atoms with Gasteiger partial charge in [-0.1, -0.05) is 54.6 Å². The summed E-state index contributed by atoms with van der Waals surface area (Å²) in [5, 5.41) is 9.87. The predicted molar refractivity (Wildman–Crippen MR) is 173 cm³/mol. The number of carbonyl (C=O) groups excluding carboxylic acids is 2. The first kappa shape index (κ1) is 34.7. The number of nitrogens with zero attached hydrogens (tertiary/aromatic N) is 1. The smallest absolute Gasteiger partial charge is 0.407 e. The molecule has 13 heteroatoms. The van der Waals surface area contributed by atoms with Gasteiger partial charge in [-0.05, 0) is 64.9 Å². The largest absolute Gasteiger partial charge is 0.448 e. The van der Waals surface area contributed by atoms with E-state index in [0.717, 1.165) is 27.5 Å². The minimum atomic E-state index is -4.52. The summed E-state index contributed by atoms with van der Waals surface area (Å²) in [4.78, 5) is 29.6. The third-order valence-electron chi connectivity index (χ3n) is 8.29. The number of anilines is 1. The Labute approximate surface area is 275 Å². The van der Waals surface area contributed by atoms with E-state index in [2.05, 4.69) is 15.6 Å². The number of pyridine rings is 1. The zero-order valence-electron chi connectivity index (χ0n) is 26.2. The third-order valence-corrected chi connectivity index (χ3v) is 8.29. The second kappa shape index (κ2) is 15.5. The maximum atomic E-state index is 13.9. The molecule has 0 aliphatic carbocycles. The number of morpholine rings is 1. The first-order valence-electron chi connectivity index (χ1n) is 15.5. The van der Waals surface area contributed by atoms with Crippen LogP contribution in [0.4, 0.5) is 28.0 Å². The average Bonchev–Trinajstić information content (AvgIpc) is 3.07. The van der Waals surface area contributed by atoms with Crippen LogP contribution in [0.25, 0.3) is 10.8 Å². The van der Waals surface area contributed by atoms with Gasteiger partial charge in [-0.2, -0.15) is 13.2 Å². The molecule has 4 aromatic rings. The molecule has 2 heterocycles. The number of nitrogens with one attached hydrogen (secondary N) is 3. The van der Waals surface area contributed by atoms with Gasteiger partial charge in [-0.25, -0.2) is 9.18 Å². The molecule has 0 spiro atoms. The number of carbonyl (C=O) groups is 2. The molecule has 0 unspecified atom stereocenters. The van der Waals surface area contributed by atoms with E-state index in [0.29, 0.717) is 30.6 Å². The van der Waals surface area contributed by atoms with Gasteiger partial charge in [0.25, 0.3) is 0 Å². The van der Waals surface area contributed by atoms with Crippen LogP contribution in [0.15, 0.2) is 79.1 Å². The number of fused-ring (bicyclic) bond motifs is 1. The average molecular weight is 668 g/mol. The second-order valence-electron chi connectivity index (χ2n) is 11.8. The SMILES string of the molecule is Cc1cncc(NC(=O)[C@@H](N)[C@H](c2ccc(F)cc2)c2ccc3ccccc3c2)c1CC[C@@H]1CN[C@H](COC(=O)NCC(F)(F)F)CO1. The number of aryl methyl sites for hydroxylation is 1. The highest BCUT2D eigenvalue weighted by molar-refractivity contribution is 5.96. The summed E-state index contributed by atoms with van der Waals surface area (Å²) in [5.41, 5.74) is 10.5. The number of alkyl carbamates (subject to hydrolysis) is 1. The number of halogens is 4. The Morgan fingerprint density at radius 1 is 1.06 bits per heavy atom. The van der Waals surface area contributed by atoms with Crippen LogP contribution in [0.2, 0.25) is 0 Å². The standard InChI is InChI=1S/C35H37F4N5O4/c1-21-15-41-17-30(29(21)13-12-28-16-42-27(18-47-28)19-48-34(46)43-20-35(37,38)39)44-33(45)32(40)31(23-8-10-26(36)11-9-23)25-7-6-22-4-2-3-5-24(22)14-25/h2-11,14-15,17,27-28,31-32,42H,12-13,16,18-20,40H2,1H3,(H,43,46)(H,44,45)/t27-,28+,31+,32-/m0/s1. The summed E-state index contributed by atoms with van der Waals surface area (Å²) in [5.74, 6) is -1.38. The highest BCUT2D eigenvalue weighted by Gasteiger charge is 2.30. The molecular weight excluding hydrogens is 630 g/mol. The number of rotatable bonds is 11. The van der Waals surface area contributed by atoms with Crippen molar-refractivity contribution in [1.82, 2.24) is 15.6 Å². The summed E-state index contributed by atoms with van der Waals surface area (Å²) in [7, 11) is 0. The van der Waals surface area contributed by atoms with E-state index in [-0.39, 0.29) is 25.4 Å². The molecule has 48 heavy (non-hydrogen) atoms. The maximum Gasteiger partial charge on any atom is 0.407 e. The molecule has 4 atom stereocenters. The molecule has 1 fully saturated rings. The van der Waals surface area contributed by atoms with Gasteiger partial charge in [0.05, 0.1) is 36.7 Å². The number of aromatic nitrogens is 1. The fraction of sp³-hybridized carbons (Fsp3) is 0.343. The van der Waals surface area contributed by atoms with Crippen LogP contribution in [0.1, 0.15) is 34.6 Å². The second-order valence-corrected chi connectivity index (χ2v) is 11.8. The fourth-order valence-electron chi connectivity index (χ4n) is 5.74. The molecule has 1 aliphatic heterocycles. The molecule has 5 N–H and O–H groups in total. The van der Waals surface area contributed by atoms with Gasteiger partial charge in [0.1, 0.15) is 19.0 Å². The fourth-order valence-corrected chi connectivity index (χ4v) is 5.74. The Hall–Kier alpha value is -4.59. The number of nitrogens with two attached hydrogens (primary N) is 1. The molecule has 0 bridgehead atoms. The number of benzene rings is 3. The Morgan fingerprint density at radius 2 is 1.79 bits per heavy atom. The van der Waals surface area contributed by atoms with E-state index in [4.69, 9.17) is 15.2 Å². The monoisotopic (exact) mass is 667 g/mol. The van der Waals surface area contributed by atoms with Gasteiger partial charge in [0.15, 0.2) is 0 Å². The Morgan fingerprint density at radius 3 is 2.50 bits per heavy atom. The number of amides is 2. The normalized spacial score (nSPS) is 17.8. The van der Waals surface area contributed by atoms with Crippen LogP contribution in [0.5, 0.6) is 0 Å². The summed E-state index contributed by atoms with van der Waals surface area (Å²) >= 11 is 0. The molecule has 9 nitrogen and oxygen atoms in total. The first-order chi connectivity index (χ1) is 23.0. The van der Waals surface area contributed by atoms with Crippen molar-refractivity contribution >= 4 is 28.5 Å². The van der Waals surface area contributed by atoms with Crippen LogP contribution in [-0.2, 0) is 20.7 Å². The molecule has 1 aliphatic rings. The van der Waals surface area contributed by atoms with Crippen LogP contribution < -0.4 is 21.7 Å². The van der Waals surface area contributed by atoms with E-state index in [9.17, 15) is 27.2 Å². The van der Waals surface area contributed by atoms with Gasteiger partial charge in [-0.3, -0.25) is 9.78 Å². The van der Waals surface area contributed by atoms with Gasteiger partial charge in [0.2, 0.25) is 5.91 Å². The molecule has 3 aromatic carbocycles. The van der Waals surface area contributed by atoms with Gasteiger partial charge >= 0.3 is 12.3 Å². The van der Waals surface area contributed by atoms with Crippen molar-refractivity contribution in [2.24, 2.45) is 5.73 Å². The molecule has 0 saturated carbocycles. The summed E-state index contributed by atoms with van der Waals surface area (Å²) in [6.07, 6.45) is -1.47. The van der Waals surface area contributed by atoms with Gasteiger partial charge in [0, 0.05) is 18.7 Å². The molecule has 254 valence electrons. The first-order valence-corrected chi connectivity index (χ1v) is 15.5. The van der Waals surface area contributed by atoms with E-state index in [1.165, 1.54) is 12.1 Å². The zero-order valence-corrected chi connectivity index (χ0v) is 26.2. The maximum absolute atomic E-state index is 13.9. The van der Waals surface area contributed by atoms with Crippen LogP contribution >= 0.6 is 0 Å². The number of alkyl halides is 3. The molecule has 5 rings (SSSR count). The molecular formula is C35H37F4N5O4. The minimum absolute atomic E-state index is 0.144. The van der Waals surface area contributed by atoms with E-state index < -0.39 is 42.5 Å². The predicted octanol–water partition coefficient (Wildman–Crippen LogP) is 5.36. The lowest BCUT2D eigenvalue weighted by molar-refractivity contribution is -0.124. The van der Waals surface area contributed by atoms with Crippen LogP contribution in [0.3, 0.4) is 0 Å². The summed E-state index contributed by atoms with van der Waals surface area (Å²) < 4.78 is 61.4. The summed E-state index contributed by atoms with van der Waals surface area (Å²) in [6, 6.07) is 18.4. The van der Waals surface area contributed by atoms with Crippen molar-refractivity contribution in [3.8, 4) is 0 Å². The minimum Gasteiger partial charge on any atom is -0.448 e. The lowest BCUT2D eigenvalue weighted by Gasteiger charge is -2.30. The quantitative estimate of drug-likeness (QED) is 0.159. The van der Waals surface area contributed by atoms with Crippen molar-refractivity contribution in [2.75, 3.05) is 31.6 Å². The third kappa shape index (κ3) is 9.27. The van der Waals surface area contributed by atoms with Crippen LogP contribution in [-0.4, -0.2) is 67.7 Å². The van der Waals surface area contributed by atoms with Crippen molar-refractivity contribution < 1.29 is 36.6 Å². The van der Waals surface area contributed by atoms with E-state index in [1.54, 1.807) is 29.8 Å². The number of hydrogen-bond acceptors (Lipinski definition) is 7. The van der Waals surface area contributed by atoms with Gasteiger partial charge in [-0.15, -0.1) is 0 Å². The number of hydrogen-bond donors (Lipinski definition) is 4. The van der Waals surface area contributed by atoms with Crippen LogP contribution in [0, 0.1) is 12.7 Å². The molecule has 0 radical (unpaired) electrons. The molecule has 1 aromatic heterocycles. The topological polar surface area (TPSA) is 128 Å². The zero-order chi connectivity index (χ0) is 34.3. The van der Waals surface area contributed by atoms with Crippen molar-refractivity contribution in [3.63, 3.8) is 0 Å². The molecule has 1 saturated heterocycles. The Balaban J connectivity index is 1.22. The number of ether oxygens (including phenoxy) is 2. The van der Waals surface area contributed by atoms with E-state index >= 15 is 0 Å². The lowest BCUT2D eigenvalue weighted by atomic mass is 9.84. The lowest BCUT2D eigenvalue weighted by Crippen LogP contribution is -2.49. The Kier molecular flexibility index (Phi) is 11.2.